The molecule has 0 aliphatic carbocycles. The van der Waals surface area contributed by atoms with Gasteiger partial charge in [-0.1, -0.05) is 0 Å². The number of aliphatic hydroxyl groups excluding tert-OH is 4. The maximum Gasteiger partial charge on any atom is 0.308 e. The van der Waals surface area contributed by atoms with Crippen molar-refractivity contribution in [3.05, 3.63) is 0 Å². The van der Waals surface area contributed by atoms with Gasteiger partial charge in [0.2, 0.25) is 0 Å². The summed E-state index contributed by atoms with van der Waals surface area (Å²) in [6.07, 6.45) is -9.25. The molecule has 1 saturated heterocycles. The maximum atomic E-state index is 11.5. The summed E-state index contributed by atoms with van der Waals surface area (Å²) in [6.45, 7) is 0.599. The SMILES string of the molecule is C[C@@](O)(CC(=O)O)CC(=O)OC[C@H]1O[C@@H](O)[C@H](O)[C@@H](O)[C@@H]1O. The Bertz CT molecular complexity index is 409. The molecule has 10 heteroatoms. The van der Waals surface area contributed by atoms with Gasteiger partial charge in [-0.25, -0.2) is 0 Å². The lowest BCUT2D eigenvalue weighted by Gasteiger charge is -2.37. The molecule has 0 amide bonds. The number of carbonyl (C=O) groups is 2. The van der Waals surface area contributed by atoms with Crippen molar-refractivity contribution in [1.29, 1.82) is 0 Å². The van der Waals surface area contributed by atoms with Crippen LogP contribution in [-0.2, 0) is 19.1 Å². The number of rotatable bonds is 6. The molecule has 0 spiro atoms. The van der Waals surface area contributed by atoms with Crippen LogP contribution in [0.5, 0.6) is 0 Å². The minimum Gasteiger partial charge on any atom is -0.481 e. The molecule has 6 N–H and O–H groups in total. The van der Waals surface area contributed by atoms with Gasteiger partial charge in [0.15, 0.2) is 6.29 Å². The highest BCUT2D eigenvalue weighted by Crippen LogP contribution is 2.21. The van der Waals surface area contributed by atoms with E-state index in [4.69, 9.17) is 14.6 Å². The van der Waals surface area contributed by atoms with E-state index in [1.807, 2.05) is 0 Å². The van der Waals surface area contributed by atoms with Gasteiger partial charge >= 0.3 is 11.9 Å². The van der Waals surface area contributed by atoms with Crippen molar-refractivity contribution in [3.63, 3.8) is 0 Å². The van der Waals surface area contributed by atoms with Crippen LogP contribution in [0.3, 0.4) is 0 Å². The molecule has 6 atom stereocenters. The van der Waals surface area contributed by atoms with Gasteiger partial charge in [-0.15, -0.1) is 0 Å². The second kappa shape index (κ2) is 7.31. The first-order valence-corrected chi connectivity index (χ1v) is 6.51. The summed E-state index contributed by atoms with van der Waals surface area (Å²) in [5.41, 5.74) is -1.80. The van der Waals surface area contributed by atoms with E-state index < -0.39 is 67.7 Å². The van der Waals surface area contributed by atoms with Crippen molar-refractivity contribution >= 4 is 11.9 Å². The molecule has 0 unspecified atom stereocenters. The molecule has 0 saturated carbocycles. The molecule has 10 nitrogen and oxygen atoms in total. The molecule has 0 aromatic heterocycles. The Morgan fingerprint density at radius 1 is 1.09 bits per heavy atom. The normalized spacial score (nSPS) is 34.7. The number of aliphatic hydroxyl groups is 5. The lowest BCUT2D eigenvalue weighted by atomic mass is 9.98. The van der Waals surface area contributed by atoms with E-state index in [2.05, 4.69) is 0 Å². The Labute approximate surface area is 125 Å². The summed E-state index contributed by atoms with van der Waals surface area (Å²) in [5, 5.41) is 55.9. The summed E-state index contributed by atoms with van der Waals surface area (Å²) in [7, 11) is 0. The largest absolute Gasteiger partial charge is 0.481 e. The van der Waals surface area contributed by atoms with E-state index >= 15 is 0 Å². The maximum absolute atomic E-state index is 11.5. The van der Waals surface area contributed by atoms with Gasteiger partial charge in [0.1, 0.15) is 31.0 Å². The van der Waals surface area contributed by atoms with Crippen LogP contribution in [0.1, 0.15) is 19.8 Å². The fourth-order valence-electron chi connectivity index (χ4n) is 1.99. The summed E-state index contributed by atoms with van der Waals surface area (Å²) in [5.74, 6) is -2.23. The minimum atomic E-state index is -1.80. The van der Waals surface area contributed by atoms with Crippen molar-refractivity contribution in [2.24, 2.45) is 0 Å². The van der Waals surface area contributed by atoms with E-state index in [0.717, 1.165) is 6.92 Å². The number of aliphatic carboxylic acids is 1. The number of hydrogen-bond donors (Lipinski definition) is 6. The van der Waals surface area contributed by atoms with Crippen LogP contribution in [0.4, 0.5) is 0 Å². The highest BCUT2D eigenvalue weighted by atomic mass is 16.6. The van der Waals surface area contributed by atoms with Gasteiger partial charge in [-0.3, -0.25) is 9.59 Å². The van der Waals surface area contributed by atoms with E-state index in [0.29, 0.717) is 0 Å². The van der Waals surface area contributed by atoms with Gasteiger partial charge in [0.05, 0.1) is 18.4 Å². The van der Waals surface area contributed by atoms with Crippen LogP contribution >= 0.6 is 0 Å². The third-order valence-corrected chi connectivity index (χ3v) is 3.15. The topological polar surface area (TPSA) is 174 Å². The molecule has 0 bridgehead atoms. The summed E-state index contributed by atoms with van der Waals surface area (Å²) < 4.78 is 9.51. The number of carboxylic acid groups (broad SMARTS) is 1. The first kappa shape index (κ1) is 18.7. The van der Waals surface area contributed by atoms with E-state index in [-0.39, 0.29) is 0 Å². The molecular weight excluding hydrogens is 304 g/mol. The fourth-order valence-corrected chi connectivity index (χ4v) is 1.99. The number of carbonyl (C=O) groups excluding carboxylic acids is 1. The standard InChI is InChI=1S/C12H20O10/c1-12(20,2-6(13)14)3-7(15)21-4-5-8(16)9(17)10(18)11(19)22-5/h5,8-11,16-20H,2-4H2,1H3,(H,13,14)/t5-,8-,9+,10-,11-,12-/m1/s1. The average molecular weight is 324 g/mol. The Balaban J connectivity index is 2.48. The van der Waals surface area contributed by atoms with Gasteiger partial charge in [-0.05, 0) is 6.92 Å². The third-order valence-electron chi connectivity index (χ3n) is 3.15. The predicted molar refractivity (Wildman–Crippen MR) is 67.4 cm³/mol. The third kappa shape index (κ3) is 5.16. The highest BCUT2D eigenvalue weighted by molar-refractivity contribution is 5.73. The number of hydrogen-bond acceptors (Lipinski definition) is 9. The average Bonchev–Trinajstić information content (AvgIpc) is 2.36. The van der Waals surface area contributed by atoms with Gasteiger partial charge in [0, 0.05) is 0 Å². The van der Waals surface area contributed by atoms with Gasteiger partial charge in [0.25, 0.3) is 0 Å². The molecule has 1 aliphatic rings. The van der Waals surface area contributed by atoms with Crippen LogP contribution < -0.4 is 0 Å². The van der Waals surface area contributed by atoms with Crippen LogP contribution in [-0.4, -0.2) is 85.5 Å². The zero-order chi connectivity index (χ0) is 17.1. The molecule has 22 heavy (non-hydrogen) atoms. The van der Waals surface area contributed by atoms with Crippen molar-refractivity contribution in [2.75, 3.05) is 6.61 Å². The van der Waals surface area contributed by atoms with E-state index in [9.17, 15) is 35.1 Å². The zero-order valence-electron chi connectivity index (χ0n) is 11.8. The molecule has 0 radical (unpaired) electrons. The molecular formula is C12H20O10. The van der Waals surface area contributed by atoms with Gasteiger partial charge < -0.3 is 40.1 Å². The number of carboxylic acids is 1. The quantitative estimate of drug-likeness (QED) is 0.275. The van der Waals surface area contributed by atoms with Gasteiger partial charge in [-0.2, -0.15) is 0 Å². The Hall–Kier alpha value is -1.30. The van der Waals surface area contributed by atoms with E-state index in [1.54, 1.807) is 0 Å². The van der Waals surface area contributed by atoms with Crippen molar-refractivity contribution in [1.82, 2.24) is 0 Å². The van der Waals surface area contributed by atoms with Crippen molar-refractivity contribution in [3.8, 4) is 0 Å². The lowest BCUT2D eigenvalue weighted by Crippen LogP contribution is -2.58. The Morgan fingerprint density at radius 2 is 1.68 bits per heavy atom. The second-order valence-electron chi connectivity index (χ2n) is 5.46. The van der Waals surface area contributed by atoms with Crippen molar-refractivity contribution in [2.45, 2.75) is 56.1 Å². The highest BCUT2D eigenvalue weighted by Gasteiger charge is 2.43. The summed E-state index contributed by atoms with van der Waals surface area (Å²) in [4.78, 5) is 22.0. The molecule has 128 valence electrons. The fraction of sp³-hybridized carbons (Fsp3) is 0.833. The smallest absolute Gasteiger partial charge is 0.308 e. The molecule has 0 aromatic rings. The zero-order valence-corrected chi connectivity index (χ0v) is 11.8. The second-order valence-corrected chi connectivity index (χ2v) is 5.46. The van der Waals surface area contributed by atoms with Crippen LogP contribution in [0.25, 0.3) is 0 Å². The lowest BCUT2D eigenvalue weighted by molar-refractivity contribution is -0.287. The monoisotopic (exact) mass is 324 g/mol. The molecule has 1 aliphatic heterocycles. The molecule has 1 fully saturated rings. The van der Waals surface area contributed by atoms with Crippen LogP contribution in [0.15, 0.2) is 0 Å². The van der Waals surface area contributed by atoms with Crippen LogP contribution in [0, 0.1) is 0 Å². The minimum absolute atomic E-state index is 0.552. The van der Waals surface area contributed by atoms with E-state index in [1.165, 1.54) is 0 Å². The summed E-state index contributed by atoms with van der Waals surface area (Å²) >= 11 is 0. The molecule has 1 heterocycles. The number of esters is 1. The number of ether oxygens (including phenoxy) is 2. The summed E-state index contributed by atoms with van der Waals surface area (Å²) in [6, 6.07) is 0. The Kier molecular flexibility index (Phi) is 6.23. The molecule has 0 aromatic carbocycles. The first-order chi connectivity index (χ1) is 10.0. The Morgan fingerprint density at radius 3 is 2.23 bits per heavy atom. The van der Waals surface area contributed by atoms with Crippen molar-refractivity contribution < 1.29 is 49.7 Å². The predicted octanol–water partition coefficient (Wildman–Crippen LogP) is -3.05. The first-order valence-electron chi connectivity index (χ1n) is 6.51. The van der Waals surface area contributed by atoms with Crippen LogP contribution in [0.2, 0.25) is 0 Å². The molecule has 1 rings (SSSR count).